The molecule has 0 saturated carbocycles. The van der Waals surface area contributed by atoms with E-state index in [2.05, 4.69) is 182 Å². The van der Waals surface area contributed by atoms with E-state index in [-0.39, 0.29) is 26.5 Å². The van der Waals surface area contributed by atoms with Gasteiger partial charge in [0, 0.05) is 61.7 Å². The SMILES string of the molecule is Cc1cc(C)c(N2[CH-]N(c3[c-]c4c(cc3)C(C)(C)c3ccccc3N4c3[c-]c4c(cc3)c3ccccc3n3ccnc43)c3ccccc32)c(C)c1.[Pt]. The summed E-state index contributed by atoms with van der Waals surface area (Å²) < 4.78 is 2.17. The third-order valence-electron chi connectivity index (χ3n) is 10.9. The molecule has 4 heterocycles. The Balaban J connectivity index is 0.00000360. The van der Waals surface area contributed by atoms with Gasteiger partial charge in [0.2, 0.25) is 0 Å². The molecule has 258 valence electrons. The number of hydrogen-bond acceptors (Lipinski definition) is 4. The van der Waals surface area contributed by atoms with Crippen LogP contribution in [0, 0.1) is 39.6 Å². The molecule has 6 aromatic carbocycles. The topological polar surface area (TPSA) is 27.0 Å². The smallest absolute Gasteiger partial charge is 0.0609 e. The van der Waals surface area contributed by atoms with Crippen LogP contribution in [-0.2, 0) is 26.5 Å². The molecule has 2 aromatic heterocycles. The molecule has 0 radical (unpaired) electrons. The number of nitrogens with zero attached hydrogens (tertiary/aromatic N) is 5. The van der Waals surface area contributed by atoms with Crippen LogP contribution >= 0.6 is 0 Å². The molecule has 0 bridgehead atoms. The second-order valence-electron chi connectivity index (χ2n) is 14.4. The van der Waals surface area contributed by atoms with Gasteiger partial charge in [0.05, 0.1) is 5.65 Å². The number of anilines is 7. The monoisotopic (exact) mass is 853 g/mol. The average Bonchev–Trinajstić information content (AvgIpc) is 3.78. The van der Waals surface area contributed by atoms with E-state index >= 15 is 0 Å². The molecule has 0 unspecified atom stereocenters. The third-order valence-corrected chi connectivity index (χ3v) is 10.9. The number of aryl methyl sites for hydroxylation is 3. The first-order chi connectivity index (χ1) is 24.8. The van der Waals surface area contributed by atoms with Gasteiger partial charge in [-0.25, -0.2) is 0 Å². The summed E-state index contributed by atoms with van der Waals surface area (Å²) in [4.78, 5) is 11.8. The van der Waals surface area contributed by atoms with Gasteiger partial charge in [0.25, 0.3) is 0 Å². The van der Waals surface area contributed by atoms with Gasteiger partial charge in [0.1, 0.15) is 0 Å². The fourth-order valence-corrected chi connectivity index (χ4v) is 8.65. The van der Waals surface area contributed by atoms with Crippen molar-refractivity contribution in [2.24, 2.45) is 0 Å². The summed E-state index contributed by atoms with van der Waals surface area (Å²) >= 11 is 0. The molecule has 0 N–H and O–H groups in total. The number of pyridine rings is 1. The van der Waals surface area contributed by atoms with E-state index in [0.29, 0.717) is 0 Å². The number of benzene rings is 6. The Bertz CT molecular complexity index is 2700. The molecule has 0 spiro atoms. The van der Waals surface area contributed by atoms with Gasteiger partial charge in [-0.3, -0.25) is 4.98 Å². The van der Waals surface area contributed by atoms with Crippen molar-refractivity contribution in [1.29, 1.82) is 0 Å². The van der Waals surface area contributed by atoms with Crippen molar-refractivity contribution >= 4 is 67.1 Å². The summed E-state index contributed by atoms with van der Waals surface area (Å²) in [7, 11) is 0. The molecule has 0 amide bonds. The zero-order valence-corrected chi connectivity index (χ0v) is 31.9. The molecule has 0 saturated heterocycles. The van der Waals surface area contributed by atoms with Crippen LogP contribution in [0.3, 0.4) is 0 Å². The van der Waals surface area contributed by atoms with Gasteiger partial charge in [0.15, 0.2) is 0 Å². The Morgan fingerprint density at radius 2 is 1.33 bits per heavy atom. The maximum atomic E-state index is 4.82. The van der Waals surface area contributed by atoms with Crippen LogP contribution in [0.2, 0.25) is 0 Å². The first-order valence-electron chi connectivity index (χ1n) is 17.6. The van der Waals surface area contributed by atoms with Gasteiger partial charge < -0.3 is 19.1 Å². The number of fused-ring (bicyclic) bond motifs is 9. The fourth-order valence-electron chi connectivity index (χ4n) is 8.65. The van der Waals surface area contributed by atoms with Crippen LogP contribution in [0.25, 0.3) is 27.3 Å². The zero-order valence-electron chi connectivity index (χ0n) is 29.7. The predicted molar refractivity (Wildman–Crippen MR) is 210 cm³/mol. The zero-order chi connectivity index (χ0) is 34.6. The van der Waals surface area contributed by atoms with Crippen molar-refractivity contribution in [3.05, 3.63) is 168 Å². The van der Waals surface area contributed by atoms with E-state index in [4.69, 9.17) is 4.98 Å². The van der Waals surface area contributed by atoms with Gasteiger partial charge in [-0.1, -0.05) is 96.5 Å². The van der Waals surface area contributed by atoms with Crippen LogP contribution in [0.15, 0.2) is 122 Å². The van der Waals surface area contributed by atoms with Gasteiger partial charge in [-0.15, -0.1) is 48.3 Å². The minimum atomic E-state index is -0.240. The fraction of sp³-hybridized carbons (Fsp3) is 0.130. The van der Waals surface area contributed by atoms with Crippen LogP contribution < -0.4 is 14.7 Å². The van der Waals surface area contributed by atoms with Gasteiger partial charge in [-0.2, -0.15) is 6.07 Å². The molecule has 10 rings (SSSR count). The van der Waals surface area contributed by atoms with Crippen molar-refractivity contribution in [2.45, 2.75) is 40.0 Å². The average molecular weight is 854 g/mol. The van der Waals surface area contributed by atoms with Crippen molar-refractivity contribution in [2.75, 3.05) is 14.7 Å². The summed E-state index contributed by atoms with van der Waals surface area (Å²) in [6.45, 7) is 13.4. The number of aromatic nitrogens is 2. The normalized spacial score (nSPS) is 14.4. The number of para-hydroxylation sites is 4. The van der Waals surface area contributed by atoms with E-state index in [1.807, 2.05) is 12.4 Å². The van der Waals surface area contributed by atoms with Crippen LogP contribution in [0.5, 0.6) is 0 Å². The summed E-state index contributed by atoms with van der Waals surface area (Å²) in [5.41, 5.74) is 15.7. The molecule has 0 fully saturated rings. The maximum absolute atomic E-state index is 4.82. The summed E-state index contributed by atoms with van der Waals surface area (Å²) in [6, 6.07) is 47.3. The summed E-state index contributed by atoms with van der Waals surface area (Å²) in [5, 5.41) is 3.32. The Morgan fingerprint density at radius 3 is 2.12 bits per heavy atom. The Morgan fingerprint density at radius 1 is 0.654 bits per heavy atom. The minimum absolute atomic E-state index is 0. The molecule has 5 nitrogen and oxygen atoms in total. The Hall–Kier alpha value is -5.38. The number of rotatable bonds is 3. The van der Waals surface area contributed by atoms with Crippen molar-refractivity contribution in [1.82, 2.24) is 9.38 Å². The molecule has 0 aliphatic carbocycles. The van der Waals surface area contributed by atoms with E-state index in [0.717, 1.165) is 56.1 Å². The number of imidazole rings is 1. The molecule has 2 aliphatic heterocycles. The molecule has 2 aliphatic rings. The first-order valence-corrected chi connectivity index (χ1v) is 17.6. The minimum Gasteiger partial charge on any atom is -0.493 e. The molecule has 0 atom stereocenters. The van der Waals surface area contributed by atoms with Crippen LogP contribution in [0.4, 0.5) is 39.8 Å². The Kier molecular flexibility index (Phi) is 7.40. The number of hydrogen-bond donors (Lipinski definition) is 0. The van der Waals surface area contributed by atoms with Crippen molar-refractivity contribution in [3.63, 3.8) is 0 Å². The van der Waals surface area contributed by atoms with E-state index < -0.39 is 0 Å². The second-order valence-corrected chi connectivity index (χ2v) is 14.4. The maximum Gasteiger partial charge on any atom is 0.0609 e. The Labute approximate surface area is 319 Å². The molecule has 52 heavy (non-hydrogen) atoms. The molecular formula is C46H36N5Pt-3. The van der Waals surface area contributed by atoms with Crippen molar-refractivity contribution < 1.29 is 21.1 Å². The van der Waals surface area contributed by atoms with Gasteiger partial charge in [-0.05, 0) is 78.2 Å². The standard InChI is InChI=1S/C46H36N5.Pt/c1-29-24-30(2)44(31(3)25-29)50-28-49(41-16-10-11-17-42(41)50)32-19-21-38-43(27-32)51(40-15-9-7-13-37(40)46(38,4)5)33-18-20-34-35-12-6-8-14-39(35)48-23-22-47-45(48)36(34)26-33;/h6-25,28H,1-5H3;/q-3;. The first kappa shape index (κ1) is 32.5. The quantitative estimate of drug-likeness (QED) is 0.131. The summed E-state index contributed by atoms with van der Waals surface area (Å²) in [5.74, 6) is 0. The predicted octanol–water partition coefficient (Wildman–Crippen LogP) is 11.7. The molecule has 8 aromatic rings. The van der Waals surface area contributed by atoms with Gasteiger partial charge >= 0.3 is 0 Å². The van der Waals surface area contributed by atoms with Crippen molar-refractivity contribution in [3.8, 4) is 0 Å². The molecule has 6 heteroatoms. The second kappa shape index (κ2) is 11.8. The van der Waals surface area contributed by atoms with E-state index in [1.165, 1.54) is 38.9 Å². The van der Waals surface area contributed by atoms with E-state index in [1.54, 1.807) is 0 Å². The molecular weight excluding hydrogens is 818 g/mol. The summed E-state index contributed by atoms with van der Waals surface area (Å²) in [6.07, 6.45) is 3.92. The van der Waals surface area contributed by atoms with Crippen LogP contribution in [-0.4, -0.2) is 9.38 Å². The van der Waals surface area contributed by atoms with Crippen LogP contribution in [0.1, 0.15) is 41.7 Å². The third kappa shape index (κ3) is 4.62. The van der Waals surface area contributed by atoms with E-state index in [9.17, 15) is 0 Å². The largest absolute Gasteiger partial charge is 0.493 e.